The maximum atomic E-state index is 12.6. The normalized spacial score (nSPS) is 24.4. The van der Waals surface area contributed by atoms with Gasteiger partial charge in [-0.25, -0.2) is 0 Å². The van der Waals surface area contributed by atoms with Crippen LogP contribution in [0.25, 0.3) is 0 Å². The molecular weight excluding hydrogens is 246 g/mol. The minimum Gasteiger partial charge on any atom is -0.339 e. The van der Waals surface area contributed by atoms with Gasteiger partial charge in [0.15, 0.2) is 0 Å². The molecule has 1 aliphatic carbocycles. The molecule has 2 aliphatic rings. The number of carbonyl (C=O) groups excluding carboxylic acids is 1. The maximum Gasteiger partial charge on any atom is 0.226 e. The Morgan fingerprint density at radius 1 is 1.15 bits per heavy atom. The largest absolute Gasteiger partial charge is 0.339 e. The van der Waals surface area contributed by atoms with Crippen LogP contribution < -0.4 is 0 Å². The van der Waals surface area contributed by atoms with Gasteiger partial charge in [0.25, 0.3) is 0 Å². The average molecular weight is 271 g/mol. The summed E-state index contributed by atoms with van der Waals surface area (Å²) < 4.78 is 0. The van der Waals surface area contributed by atoms with Crippen LogP contribution in [0.2, 0.25) is 0 Å². The molecule has 1 atom stereocenters. The highest BCUT2D eigenvalue weighted by Crippen LogP contribution is 2.30. The molecule has 0 radical (unpaired) electrons. The van der Waals surface area contributed by atoms with E-state index in [-0.39, 0.29) is 5.92 Å². The third-order valence-electron chi connectivity index (χ3n) is 4.93. The molecule has 108 valence electrons. The zero-order valence-electron chi connectivity index (χ0n) is 12.5. The number of aryl methyl sites for hydroxylation is 1. The molecule has 0 unspecified atom stereocenters. The Morgan fingerprint density at radius 3 is 2.70 bits per heavy atom. The quantitative estimate of drug-likeness (QED) is 0.820. The third kappa shape index (κ3) is 2.89. The second-order valence-electron chi connectivity index (χ2n) is 6.50. The summed E-state index contributed by atoms with van der Waals surface area (Å²) in [6, 6.07) is 9.14. The van der Waals surface area contributed by atoms with Crippen molar-refractivity contribution >= 4 is 5.91 Å². The van der Waals surface area contributed by atoms with Crippen molar-refractivity contribution in [2.75, 3.05) is 6.54 Å². The van der Waals surface area contributed by atoms with Gasteiger partial charge in [-0.15, -0.1) is 0 Å². The zero-order valence-corrected chi connectivity index (χ0v) is 12.5. The van der Waals surface area contributed by atoms with Crippen LogP contribution in [0.15, 0.2) is 24.3 Å². The average Bonchev–Trinajstić information content (AvgIpc) is 2.81. The van der Waals surface area contributed by atoms with Gasteiger partial charge in [-0.1, -0.05) is 49.1 Å². The third-order valence-corrected chi connectivity index (χ3v) is 4.93. The number of carbonyl (C=O) groups is 1. The molecule has 0 aromatic heterocycles. The summed E-state index contributed by atoms with van der Waals surface area (Å²) in [6.45, 7) is 3.11. The van der Waals surface area contributed by atoms with Gasteiger partial charge in [0.2, 0.25) is 5.91 Å². The van der Waals surface area contributed by atoms with Crippen molar-refractivity contribution in [3.8, 4) is 0 Å². The highest BCUT2D eigenvalue weighted by Gasteiger charge is 2.35. The molecule has 1 aromatic rings. The van der Waals surface area contributed by atoms with Gasteiger partial charge < -0.3 is 4.90 Å². The molecule has 1 saturated carbocycles. The second-order valence-corrected chi connectivity index (χ2v) is 6.50. The van der Waals surface area contributed by atoms with E-state index in [1.54, 1.807) is 0 Å². The molecule has 0 N–H and O–H groups in total. The van der Waals surface area contributed by atoms with E-state index in [1.165, 1.54) is 43.2 Å². The fraction of sp³-hybridized carbons (Fsp3) is 0.611. The molecule has 1 amide bonds. The number of amides is 1. The Morgan fingerprint density at radius 2 is 1.95 bits per heavy atom. The van der Waals surface area contributed by atoms with Crippen molar-refractivity contribution in [1.29, 1.82) is 0 Å². The fourth-order valence-electron chi connectivity index (χ4n) is 3.83. The van der Waals surface area contributed by atoms with Gasteiger partial charge >= 0.3 is 0 Å². The van der Waals surface area contributed by atoms with Crippen molar-refractivity contribution in [3.05, 3.63) is 35.4 Å². The van der Waals surface area contributed by atoms with Gasteiger partial charge in [0, 0.05) is 18.5 Å². The Labute approximate surface area is 122 Å². The van der Waals surface area contributed by atoms with Crippen molar-refractivity contribution in [2.45, 2.75) is 57.9 Å². The summed E-state index contributed by atoms with van der Waals surface area (Å²) in [6.07, 6.45) is 8.37. The molecule has 1 aromatic carbocycles. The van der Waals surface area contributed by atoms with Crippen molar-refractivity contribution in [2.24, 2.45) is 5.92 Å². The minimum atomic E-state index is 0.221. The first-order valence-electron chi connectivity index (χ1n) is 8.10. The molecule has 2 heteroatoms. The SMILES string of the molecule is Cc1cccc(C[C@H]2CCN(C3CCCCC3)C2=O)c1. The van der Waals surface area contributed by atoms with Crippen LogP contribution >= 0.6 is 0 Å². The Bertz CT molecular complexity index is 476. The highest BCUT2D eigenvalue weighted by molar-refractivity contribution is 5.81. The standard InChI is InChI=1S/C18H25NO/c1-14-6-5-7-15(12-14)13-16-10-11-19(18(16)20)17-8-3-2-4-9-17/h5-7,12,16-17H,2-4,8-11,13H2,1H3/t16-/m1/s1. The summed E-state index contributed by atoms with van der Waals surface area (Å²) in [5.74, 6) is 0.636. The summed E-state index contributed by atoms with van der Waals surface area (Å²) in [4.78, 5) is 14.8. The monoisotopic (exact) mass is 271 g/mol. The first-order chi connectivity index (χ1) is 9.74. The van der Waals surface area contributed by atoms with E-state index < -0.39 is 0 Å². The lowest BCUT2D eigenvalue weighted by Gasteiger charge is -2.31. The first-order valence-corrected chi connectivity index (χ1v) is 8.10. The van der Waals surface area contributed by atoms with Gasteiger partial charge in [-0.3, -0.25) is 4.79 Å². The fourth-order valence-corrected chi connectivity index (χ4v) is 3.83. The van der Waals surface area contributed by atoms with E-state index in [4.69, 9.17) is 0 Å². The van der Waals surface area contributed by atoms with E-state index in [0.717, 1.165) is 19.4 Å². The van der Waals surface area contributed by atoms with E-state index >= 15 is 0 Å². The van der Waals surface area contributed by atoms with Crippen LogP contribution in [0.5, 0.6) is 0 Å². The van der Waals surface area contributed by atoms with Crippen molar-refractivity contribution in [3.63, 3.8) is 0 Å². The molecule has 1 aliphatic heterocycles. The Balaban J connectivity index is 1.63. The Hall–Kier alpha value is -1.31. The Kier molecular flexibility index (Phi) is 4.09. The number of likely N-dealkylation sites (tertiary alicyclic amines) is 1. The predicted octanol–water partition coefficient (Wildman–Crippen LogP) is 3.72. The van der Waals surface area contributed by atoms with Crippen LogP contribution in [0.1, 0.15) is 49.7 Å². The predicted molar refractivity (Wildman–Crippen MR) is 81.6 cm³/mol. The molecule has 2 fully saturated rings. The molecule has 3 rings (SSSR count). The van der Waals surface area contributed by atoms with Gasteiger partial charge in [-0.05, 0) is 38.2 Å². The van der Waals surface area contributed by atoms with Crippen molar-refractivity contribution < 1.29 is 4.79 Å². The molecular formula is C18H25NO. The summed E-state index contributed by atoms with van der Waals surface area (Å²) in [7, 11) is 0. The first kappa shape index (κ1) is 13.7. The lowest BCUT2D eigenvalue weighted by atomic mass is 9.94. The lowest BCUT2D eigenvalue weighted by Crippen LogP contribution is -2.39. The topological polar surface area (TPSA) is 20.3 Å². The van der Waals surface area contributed by atoms with Gasteiger partial charge in [-0.2, -0.15) is 0 Å². The summed E-state index contributed by atoms with van der Waals surface area (Å²) >= 11 is 0. The van der Waals surface area contributed by atoms with Crippen LogP contribution in [-0.4, -0.2) is 23.4 Å². The molecule has 0 bridgehead atoms. The van der Waals surface area contributed by atoms with E-state index in [0.29, 0.717) is 11.9 Å². The van der Waals surface area contributed by atoms with Crippen molar-refractivity contribution in [1.82, 2.24) is 4.90 Å². The van der Waals surface area contributed by atoms with Gasteiger partial charge in [0.1, 0.15) is 0 Å². The minimum absolute atomic E-state index is 0.221. The van der Waals surface area contributed by atoms with Crippen LogP contribution in [0.3, 0.4) is 0 Å². The maximum absolute atomic E-state index is 12.6. The zero-order chi connectivity index (χ0) is 13.9. The van der Waals surface area contributed by atoms with Gasteiger partial charge in [0.05, 0.1) is 0 Å². The highest BCUT2D eigenvalue weighted by atomic mass is 16.2. The van der Waals surface area contributed by atoms with E-state index in [2.05, 4.69) is 36.1 Å². The molecule has 2 nitrogen and oxygen atoms in total. The molecule has 20 heavy (non-hydrogen) atoms. The summed E-state index contributed by atoms with van der Waals surface area (Å²) in [5.41, 5.74) is 2.60. The van der Waals surface area contributed by atoms with E-state index in [1.807, 2.05) is 0 Å². The second kappa shape index (κ2) is 5.99. The number of rotatable bonds is 3. The summed E-state index contributed by atoms with van der Waals surface area (Å²) in [5, 5.41) is 0. The number of hydrogen-bond acceptors (Lipinski definition) is 1. The lowest BCUT2D eigenvalue weighted by molar-refractivity contribution is -0.133. The molecule has 0 spiro atoms. The van der Waals surface area contributed by atoms with Crippen LogP contribution in [0, 0.1) is 12.8 Å². The number of hydrogen-bond donors (Lipinski definition) is 0. The van der Waals surface area contributed by atoms with Crippen LogP contribution in [0.4, 0.5) is 0 Å². The smallest absolute Gasteiger partial charge is 0.226 e. The number of benzene rings is 1. The molecule has 1 heterocycles. The van der Waals surface area contributed by atoms with E-state index in [9.17, 15) is 4.79 Å². The van der Waals surface area contributed by atoms with Crippen LogP contribution in [-0.2, 0) is 11.2 Å². The number of nitrogens with zero attached hydrogens (tertiary/aromatic N) is 1. The molecule has 1 saturated heterocycles.